The van der Waals surface area contributed by atoms with E-state index in [1.807, 2.05) is 31.3 Å². The number of methoxy groups -OCH3 is 2. The summed E-state index contributed by atoms with van der Waals surface area (Å²) < 4.78 is 27.0. The van der Waals surface area contributed by atoms with Crippen LogP contribution in [0.25, 0.3) is 32.9 Å². The van der Waals surface area contributed by atoms with Crippen LogP contribution >= 0.6 is 0 Å². The lowest BCUT2D eigenvalue weighted by atomic mass is 9.94. The Labute approximate surface area is 167 Å². The highest BCUT2D eigenvalue weighted by Gasteiger charge is 2.24. The van der Waals surface area contributed by atoms with Crippen molar-refractivity contribution in [2.45, 2.75) is 0 Å². The molecule has 0 unspecified atom stereocenters. The van der Waals surface area contributed by atoms with Gasteiger partial charge in [0, 0.05) is 17.7 Å². The Hall–Kier alpha value is -2.66. The number of pyridine rings is 1. The summed E-state index contributed by atoms with van der Waals surface area (Å²) in [5.74, 6) is 1.28. The average Bonchev–Trinajstić information content (AvgIpc) is 2.68. The number of hydrogen-bond acceptors (Lipinski definition) is 2. The van der Waals surface area contributed by atoms with Gasteiger partial charge in [-0.2, -0.15) is 4.57 Å². The van der Waals surface area contributed by atoms with Gasteiger partial charge in [-0.25, -0.2) is 4.39 Å². The van der Waals surface area contributed by atoms with Gasteiger partial charge in [0.15, 0.2) is 0 Å². The summed E-state index contributed by atoms with van der Waals surface area (Å²) >= 11 is 0. The van der Waals surface area contributed by atoms with E-state index in [1.54, 1.807) is 26.4 Å². The molecule has 3 aromatic carbocycles. The van der Waals surface area contributed by atoms with Crippen LogP contribution in [0.5, 0.6) is 11.5 Å². The predicted molar refractivity (Wildman–Crippen MR) is 101 cm³/mol. The number of benzene rings is 3. The van der Waals surface area contributed by atoms with Crippen LogP contribution in [0.1, 0.15) is 0 Å². The fourth-order valence-electron chi connectivity index (χ4n) is 3.60. The van der Waals surface area contributed by atoms with Crippen LogP contribution in [0.15, 0.2) is 60.7 Å². The van der Waals surface area contributed by atoms with Crippen molar-refractivity contribution >= 4 is 21.8 Å². The first-order valence-corrected chi connectivity index (χ1v) is 8.37. The first kappa shape index (κ1) is 19.1. The molecule has 0 N–H and O–H groups in total. The molecule has 3 nitrogen and oxygen atoms in total. The Morgan fingerprint density at radius 2 is 1.22 bits per heavy atom. The molecule has 0 spiro atoms. The molecule has 0 aliphatic rings. The van der Waals surface area contributed by atoms with Crippen molar-refractivity contribution in [1.29, 1.82) is 0 Å². The predicted octanol–water partition coefficient (Wildman–Crippen LogP) is 1.64. The van der Waals surface area contributed by atoms with Crippen molar-refractivity contribution in [3.05, 3.63) is 66.5 Å². The van der Waals surface area contributed by atoms with Crippen LogP contribution in [-0.4, -0.2) is 14.2 Å². The number of fused-ring (bicyclic) bond motifs is 2. The van der Waals surface area contributed by atoms with E-state index in [2.05, 4.69) is 16.7 Å². The molecule has 1 heterocycles. The molecule has 0 saturated heterocycles. The van der Waals surface area contributed by atoms with Gasteiger partial charge in [-0.05, 0) is 29.8 Å². The van der Waals surface area contributed by atoms with Gasteiger partial charge < -0.3 is 26.5 Å². The topological polar surface area (TPSA) is 22.3 Å². The maximum absolute atomic E-state index is 13.5. The Bertz CT molecular complexity index is 1060. The average molecular weight is 428 g/mol. The Kier molecular flexibility index (Phi) is 5.33. The zero-order chi connectivity index (χ0) is 18.3. The summed E-state index contributed by atoms with van der Waals surface area (Å²) in [7, 11) is 5.35. The molecule has 4 rings (SSSR count). The highest BCUT2D eigenvalue weighted by Crippen LogP contribution is 2.42. The van der Waals surface area contributed by atoms with Crippen LogP contribution in [-0.2, 0) is 7.05 Å². The summed E-state index contributed by atoms with van der Waals surface area (Å²) in [4.78, 5) is 0. The number of hydrogen-bond donors (Lipinski definition) is 0. The number of aryl methyl sites for hydroxylation is 1. The summed E-state index contributed by atoms with van der Waals surface area (Å²) in [5, 5.41) is 1.95. The van der Waals surface area contributed by atoms with Crippen molar-refractivity contribution in [2.75, 3.05) is 14.2 Å². The summed E-state index contributed by atoms with van der Waals surface area (Å²) in [5.41, 5.74) is 3.95. The van der Waals surface area contributed by atoms with E-state index in [0.29, 0.717) is 0 Å². The second kappa shape index (κ2) is 7.53. The molecule has 0 bridgehead atoms. The Morgan fingerprint density at radius 1 is 0.741 bits per heavy atom. The molecule has 4 aromatic rings. The normalized spacial score (nSPS) is 10.7. The van der Waals surface area contributed by atoms with Gasteiger partial charge in [-0.1, -0.05) is 24.3 Å². The van der Waals surface area contributed by atoms with Crippen LogP contribution < -0.4 is 31.0 Å². The zero-order valence-electron chi connectivity index (χ0n) is 15.3. The third kappa shape index (κ3) is 3.02. The van der Waals surface area contributed by atoms with Gasteiger partial charge in [0.2, 0.25) is 11.0 Å². The van der Waals surface area contributed by atoms with Crippen molar-refractivity contribution < 1.29 is 35.4 Å². The van der Waals surface area contributed by atoms with E-state index < -0.39 is 0 Å². The van der Waals surface area contributed by atoms with Gasteiger partial charge in [-0.3, -0.25) is 0 Å². The number of halogens is 2. The lowest BCUT2D eigenvalue weighted by Gasteiger charge is -2.15. The molecule has 27 heavy (non-hydrogen) atoms. The SMILES string of the molecule is COc1cccc2c1c(-c1ccc(F)cc1)c1c(OC)cccc1[n+]2C.[Br-]. The van der Waals surface area contributed by atoms with Crippen molar-refractivity contribution in [3.8, 4) is 22.6 Å². The molecule has 5 heteroatoms. The van der Waals surface area contributed by atoms with Crippen LogP contribution in [0.3, 0.4) is 0 Å². The highest BCUT2D eigenvalue weighted by atomic mass is 79.9. The number of rotatable bonds is 3. The van der Waals surface area contributed by atoms with E-state index in [-0.39, 0.29) is 22.8 Å². The first-order chi connectivity index (χ1) is 12.7. The maximum atomic E-state index is 13.5. The fourth-order valence-corrected chi connectivity index (χ4v) is 3.60. The van der Waals surface area contributed by atoms with Gasteiger partial charge in [0.1, 0.15) is 24.4 Å². The quantitative estimate of drug-likeness (QED) is 0.366. The molecular formula is C22H19BrFNO2. The van der Waals surface area contributed by atoms with Crippen LogP contribution in [0.4, 0.5) is 4.39 Å². The number of ether oxygens (including phenoxy) is 2. The highest BCUT2D eigenvalue weighted by molar-refractivity contribution is 6.11. The number of aromatic nitrogens is 1. The van der Waals surface area contributed by atoms with Crippen LogP contribution in [0, 0.1) is 5.82 Å². The third-order valence-electron chi connectivity index (χ3n) is 4.80. The second-order valence-corrected chi connectivity index (χ2v) is 6.15. The lowest BCUT2D eigenvalue weighted by molar-refractivity contribution is -0.617. The molecule has 0 atom stereocenters. The summed E-state index contributed by atoms with van der Waals surface area (Å²) in [6.45, 7) is 0. The molecule has 0 aliphatic carbocycles. The van der Waals surface area contributed by atoms with Crippen molar-refractivity contribution in [2.24, 2.45) is 7.05 Å². The molecule has 138 valence electrons. The summed E-state index contributed by atoms with van der Waals surface area (Å²) in [6.07, 6.45) is 0. The van der Waals surface area contributed by atoms with E-state index in [1.165, 1.54) is 12.1 Å². The minimum atomic E-state index is -0.261. The van der Waals surface area contributed by atoms with Gasteiger partial charge in [0.25, 0.3) is 0 Å². The molecule has 0 radical (unpaired) electrons. The van der Waals surface area contributed by atoms with Gasteiger partial charge in [0.05, 0.1) is 25.0 Å². The minimum Gasteiger partial charge on any atom is -1.00 e. The van der Waals surface area contributed by atoms with Crippen LogP contribution in [0.2, 0.25) is 0 Å². The van der Waals surface area contributed by atoms with Crippen molar-refractivity contribution in [1.82, 2.24) is 0 Å². The molecule has 1 aromatic heterocycles. The molecule has 0 aliphatic heterocycles. The molecule has 0 saturated carbocycles. The summed E-state index contributed by atoms with van der Waals surface area (Å²) in [6, 6.07) is 18.5. The van der Waals surface area contributed by atoms with Crippen molar-refractivity contribution in [3.63, 3.8) is 0 Å². The second-order valence-electron chi connectivity index (χ2n) is 6.15. The van der Waals surface area contributed by atoms with E-state index in [4.69, 9.17) is 9.47 Å². The first-order valence-electron chi connectivity index (χ1n) is 8.37. The minimum absolute atomic E-state index is 0. The van der Waals surface area contributed by atoms with E-state index in [9.17, 15) is 4.39 Å². The smallest absolute Gasteiger partial charge is 0.217 e. The zero-order valence-corrected chi connectivity index (χ0v) is 16.9. The van der Waals surface area contributed by atoms with E-state index in [0.717, 1.165) is 44.4 Å². The number of nitrogens with zero attached hydrogens (tertiary/aromatic N) is 1. The van der Waals surface area contributed by atoms with Gasteiger partial charge >= 0.3 is 0 Å². The standard InChI is InChI=1S/C22H19FNO2.BrH/c1-24-16-6-4-8-18(25-2)21(16)20(14-10-12-15(23)13-11-14)22-17(24)7-5-9-19(22)26-3;/h4-13H,1-3H3;1H/q+1;/p-1. The maximum Gasteiger partial charge on any atom is 0.217 e. The molecular weight excluding hydrogens is 409 g/mol. The third-order valence-corrected chi connectivity index (χ3v) is 4.80. The van der Waals surface area contributed by atoms with E-state index >= 15 is 0 Å². The Balaban J connectivity index is 0.00000210. The fraction of sp³-hybridized carbons (Fsp3) is 0.136. The lowest BCUT2D eigenvalue weighted by Crippen LogP contribution is -3.00. The Morgan fingerprint density at radius 3 is 1.67 bits per heavy atom. The largest absolute Gasteiger partial charge is 1.00 e. The molecule has 0 fully saturated rings. The van der Waals surface area contributed by atoms with Gasteiger partial charge in [-0.15, -0.1) is 0 Å². The molecule has 0 amide bonds. The monoisotopic (exact) mass is 427 g/mol.